The Balaban J connectivity index is 1.31. The van der Waals surface area contributed by atoms with E-state index in [0.717, 1.165) is 18.7 Å². The first kappa shape index (κ1) is 25.6. The zero-order valence-corrected chi connectivity index (χ0v) is 21.5. The number of aromatic nitrogens is 4. The molecule has 0 atom stereocenters. The van der Waals surface area contributed by atoms with Crippen LogP contribution in [0.15, 0.2) is 55.0 Å². The summed E-state index contributed by atoms with van der Waals surface area (Å²) in [5.74, 6) is 0.565. The fraction of sp³-hybridized carbons (Fsp3) is 0.259. The van der Waals surface area contributed by atoms with Crippen LogP contribution in [-0.4, -0.2) is 62.0 Å². The maximum absolute atomic E-state index is 13.2. The molecule has 1 aliphatic rings. The first-order chi connectivity index (χ1) is 18.9. The molecule has 4 aromatic rings. The molecular formula is C27H29N9O3. The first-order valence-corrected chi connectivity index (χ1v) is 12.7. The van der Waals surface area contributed by atoms with Crippen molar-refractivity contribution in [2.24, 2.45) is 0 Å². The van der Waals surface area contributed by atoms with E-state index in [1.807, 2.05) is 24.0 Å². The van der Waals surface area contributed by atoms with Gasteiger partial charge >= 0.3 is 6.03 Å². The molecule has 1 fully saturated rings. The van der Waals surface area contributed by atoms with E-state index in [4.69, 9.17) is 5.73 Å². The van der Waals surface area contributed by atoms with E-state index in [0.29, 0.717) is 59.6 Å². The van der Waals surface area contributed by atoms with E-state index in [2.05, 4.69) is 31.0 Å². The third kappa shape index (κ3) is 5.79. The third-order valence-electron chi connectivity index (χ3n) is 6.47. The molecule has 12 heteroatoms. The Labute approximate surface area is 224 Å². The average Bonchev–Trinajstić information content (AvgIpc) is 3.51. The van der Waals surface area contributed by atoms with Crippen LogP contribution >= 0.6 is 0 Å². The van der Waals surface area contributed by atoms with Gasteiger partial charge in [-0.15, -0.1) is 0 Å². The second kappa shape index (κ2) is 11.2. The molecule has 0 unspecified atom stereocenters. The maximum Gasteiger partial charge on any atom is 0.324 e. The number of benzene rings is 1. The fourth-order valence-electron chi connectivity index (χ4n) is 4.62. The van der Waals surface area contributed by atoms with Gasteiger partial charge in [0.15, 0.2) is 5.82 Å². The minimum atomic E-state index is -0.427. The van der Waals surface area contributed by atoms with Crippen molar-refractivity contribution >= 4 is 40.7 Å². The molecule has 1 aliphatic heterocycles. The number of nitrogens with zero attached hydrogens (tertiary/aromatic N) is 5. The molecule has 3 aromatic heterocycles. The van der Waals surface area contributed by atoms with Gasteiger partial charge in [-0.25, -0.2) is 19.3 Å². The number of aryl methyl sites for hydroxylation is 1. The van der Waals surface area contributed by atoms with Crippen LogP contribution in [0.3, 0.4) is 0 Å². The monoisotopic (exact) mass is 527 g/mol. The molecule has 0 aliphatic carbocycles. The summed E-state index contributed by atoms with van der Waals surface area (Å²) < 4.78 is 1.53. The molecule has 0 saturated carbocycles. The van der Waals surface area contributed by atoms with E-state index < -0.39 is 6.03 Å². The summed E-state index contributed by atoms with van der Waals surface area (Å²) in [5.41, 5.74) is 9.72. The predicted molar refractivity (Wildman–Crippen MR) is 147 cm³/mol. The summed E-state index contributed by atoms with van der Waals surface area (Å²) in [7, 11) is 0. The van der Waals surface area contributed by atoms with Gasteiger partial charge in [-0.3, -0.25) is 14.9 Å². The van der Waals surface area contributed by atoms with Gasteiger partial charge in [0, 0.05) is 49.2 Å². The number of nitrogens with two attached hydrogens (primary N) is 1. The van der Waals surface area contributed by atoms with E-state index in [-0.39, 0.29) is 17.6 Å². The van der Waals surface area contributed by atoms with Crippen LogP contribution in [0.2, 0.25) is 0 Å². The Morgan fingerprint density at radius 3 is 2.67 bits per heavy atom. The standard InChI is InChI=1S/C27H29N9O3/c1-17-5-2-6-21(32-17)34-27(39)33-19-10-8-18(9-11-19)23-20(15-36-24(23)25(28)30-16-31-36)26(38)29-12-4-14-35-13-3-7-22(35)37/h2,5-6,8-11,15-16H,3-4,7,12-14H2,1H3,(H,29,38)(H2,28,30,31)(H2,32,33,34,39). The van der Waals surface area contributed by atoms with E-state index >= 15 is 0 Å². The molecule has 0 bridgehead atoms. The fourth-order valence-corrected chi connectivity index (χ4v) is 4.62. The number of fused-ring (bicyclic) bond motifs is 1. The number of hydrogen-bond acceptors (Lipinski definition) is 7. The Kier molecular flexibility index (Phi) is 7.34. The van der Waals surface area contributed by atoms with Gasteiger partial charge in [-0.1, -0.05) is 18.2 Å². The minimum absolute atomic E-state index is 0.165. The Morgan fingerprint density at radius 1 is 1.10 bits per heavy atom. The van der Waals surface area contributed by atoms with Crippen LogP contribution in [0.25, 0.3) is 16.6 Å². The van der Waals surface area contributed by atoms with Crippen LogP contribution in [0.5, 0.6) is 0 Å². The number of rotatable bonds is 8. The number of carbonyl (C=O) groups excluding carboxylic acids is 3. The van der Waals surface area contributed by atoms with Crippen LogP contribution in [0.4, 0.5) is 22.1 Å². The van der Waals surface area contributed by atoms with Crippen LogP contribution in [-0.2, 0) is 4.79 Å². The van der Waals surface area contributed by atoms with Crippen LogP contribution in [0.1, 0.15) is 35.3 Å². The van der Waals surface area contributed by atoms with Gasteiger partial charge in [0.1, 0.15) is 17.7 Å². The highest BCUT2D eigenvalue weighted by molar-refractivity contribution is 6.07. The number of nitrogen functional groups attached to an aromatic ring is 1. The van der Waals surface area contributed by atoms with Crippen LogP contribution < -0.4 is 21.7 Å². The molecule has 4 heterocycles. The summed E-state index contributed by atoms with van der Waals surface area (Å²) in [4.78, 5) is 47.7. The van der Waals surface area contributed by atoms with Gasteiger partial charge < -0.3 is 21.3 Å². The predicted octanol–water partition coefficient (Wildman–Crippen LogP) is 3.07. The average molecular weight is 528 g/mol. The second-order valence-electron chi connectivity index (χ2n) is 9.27. The van der Waals surface area contributed by atoms with Crippen molar-refractivity contribution in [3.63, 3.8) is 0 Å². The van der Waals surface area contributed by atoms with Gasteiger partial charge in [-0.2, -0.15) is 5.10 Å². The number of nitrogens with one attached hydrogen (secondary N) is 3. The highest BCUT2D eigenvalue weighted by atomic mass is 16.2. The van der Waals surface area contributed by atoms with Gasteiger partial charge in [0.2, 0.25) is 5.91 Å². The normalized spacial score (nSPS) is 13.1. The quantitative estimate of drug-likeness (QED) is 0.256. The van der Waals surface area contributed by atoms with Crippen molar-refractivity contribution in [3.05, 3.63) is 66.2 Å². The first-order valence-electron chi connectivity index (χ1n) is 12.7. The lowest BCUT2D eigenvalue weighted by Gasteiger charge is -2.15. The highest BCUT2D eigenvalue weighted by Gasteiger charge is 2.22. The summed E-state index contributed by atoms with van der Waals surface area (Å²) in [6.45, 7) is 3.65. The summed E-state index contributed by atoms with van der Waals surface area (Å²) in [6, 6.07) is 12.0. The molecule has 5 rings (SSSR count). The number of carbonyl (C=O) groups is 3. The SMILES string of the molecule is Cc1cccc(NC(=O)Nc2ccc(-c3c(C(=O)NCCCN4CCCC4=O)cn4ncnc(N)c34)cc2)n1. The molecule has 1 saturated heterocycles. The Morgan fingerprint density at radius 2 is 1.92 bits per heavy atom. The number of likely N-dealkylation sites (tertiary alicyclic amines) is 1. The summed E-state index contributed by atoms with van der Waals surface area (Å²) >= 11 is 0. The largest absolute Gasteiger partial charge is 0.382 e. The molecule has 200 valence electrons. The molecule has 12 nitrogen and oxygen atoms in total. The molecule has 1 aromatic carbocycles. The molecule has 0 spiro atoms. The lowest BCUT2D eigenvalue weighted by Crippen LogP contribution is -2.30. The topological polar surface area (TPSA) is 160 Å². The van der Waals surface area contributed by atoms with Crippen molar-refractivity contribution in [1.29, 1.82) is 0 Å². The van der Waals surface area contributed by atoms with Gasteiger partial charge in [-0.05, 0) is 49.6 Å². The van der Waals surface area contributed by atoms with E-state index in [1.165, 1.54) is 10.8 Å². The Bertz CT molecular complexity index is 1530. The Hall–Kier alpha value is -5.00. The van der Waals surface area contributed by atoms with Crippen molar-refractivity contribution in [3.8, 4) is 11.1 Å². The summed E-state index contributed by atoms with van der Waals surface area (Å²) in [5, 5.41) is 12.6. The molecule has 39 heavy (non-hydrogen) atoms. The number of urea groups is 1. The smallest absolute Gasteiger partial charge is 0.324 e. The molecular weight excluding hydrogens is 498 g/mol. The van der Waals surface area contributed by atoms with Crippen molar-refractivity contribution in [2.75, 3.05) is 36.0 Å². The number of anilines is 3. The van der Waals surface area contributed by atoms with Crippen LogP contribution in [0, 0.1) is 6.92 Å². The molecule has 0 radical (unpaired) electrons. The number of amides is 4. The lowest BCUT2D eigenvalue weighted by atomic mass is 10.0. The lowest BCUT2D eigenvalue weighted by molar-refractivity contribution is -0.127. The number of hydrogen-bond donors (Lipinski definition) is 4. The van der Waals surface area contributed by atoms with Crippen molar-refractivity contribution in [1.82, 2.24) is 29.8 Å². The van der Waals surface area contributed by atoms with E-state index in [1.54, 1.807) is 36.5 Å². The number of pyridine rings is 1. The minimum Gasteiger partial charge on any atom is -0.382 e. The van der Waals surface area contributed by atoms with Gasteiger partial charge in [0.05, 0.1) is 5.56 Å². The second-order valence-corrected chi connectivity index (χ2v) is 9.27. The maximum atomic E-state index is 13.2. The van der Waals surface area contributed by atoms with E-state index in [9.17, 15) is 14.4 Å². The molecule has 4 amide bonds. The molecule has 5 N–H and O–H groups in total. The van der Waals surface area contributed by atoms with Crippen molar-refractivity contribution < 1.29 is 14.4 Å². The highest BCUT2D eigenvalue weighted by Crippen LogP contribution is 2.33. The zero-order valence-electron chi connectivity index (χ0n) is 21.5. The summed E-state index contributed by atoms with van der Waals surface area (Å²) in [6.07, 6.45) is 5.09. The van der Waals surface area contributed by atoms with Gasteiger partial charge in [0.25, 0.3) is 5.91 Å². The third-order valence-corrected chi connectivity index (χ3v) is 6.47. The zero-order chi connectivity index (χ0) is 27.4. The van der Waals surface area contributed by atoms with Crippen molar-refractivity contribution in [2.45, 2.75) is 26.2 Å².